The molecule has 0 spiro atoms. The summed E-state index contributed by atoms with van der Waals surface area (Å²) in [7, 11) is -1.42. The first-order chi connectivity index (χ1) is 17.9. The molecule has 2 amide bonds. The van der Waals surface area contributed by atoms with Crippen molar-refractivity contribution >= 4 is 30.8 Å². The number of nitrogens with one attached hydrogen (secondary N) is 2. The lowest BCUT2D eigenvalue weighted by Crippen LogP contribution is -2.40. The Kier molecular flexibility index (Phi) is 8.92. The summed E-state index contributed by atoms with van der Waals surface area (Å²) in [6, 6.07) is 2.56. The monoisotopic (exact) mass is 574 g/mol. The van der Waals surface area contributed by atoms with E-state index >= 15 is 0 Å². The largest absolute Gasteiger partial charge is 0.450 e. The summed E-state index contributed by atoms with van der Waals surface area (Å²) >= 11 is 0. The second-order valence-electron chi connectivity index (χ2n) is 10.9. The Balaban J connectivity index is 1.89. The van der Waals surface area contributed by atoms with Gasteiger partial charge in [-0.05, 0) is 26.0 Å². The van der Waals surface area contributed by atoms with Crippen LogP contribution in [0.3, 0.4) is 0 Å². The minimum atomic E-state index is -4.82. The number of anilines is 1. The van der Waals surface area contributed by atoms with Gasteiger partial charge in [0.1, 0.15) is 18.1 Å². The number of carbonyl (C=O) groups is 1. The van der Waals surface area contributed by atoms with E-state index in [-0.39, 0.29) is 24.6 Å². The SMILES string of the molecule is CC(C)(O)CNC(=O)Nc1cc(F)c(Oc2ccnc3c2c(C(F)(F)F)cn3COCC[Si](C)(C)C)c(F)c1. The molecule has 3 rings (SSSR count). The number of alkyl halides is 3. The summed E-state index contributed by atoms with van der Waals surface area (Å²) in [5, 5.41) is 13.7. The van der Waals surface area contributed by atoms with E-state index in [0.717, 1.165) is 36.6 Å². The molecule has 0 bridgehead atoms. The molecule has 1 aromatic carbocycles. The average molecular weight is 575 g/mol. The van der Waals surface area contributed by atoms with E-state index in [4.69, 9.17) is 9.47 Å². The number of carbonyl (C=O) groups excluding carboxylic acids is 1. The molecule has 2 aromatic heterocycles. The number of rotatable bonds is 10. The van der Waals surface area contributed by atoms with E-state index in [1.54, 1.807) is 0 Å². The van der Waals surface area contributed by atoms with Gasteiger partial charge in [-0.1, -0.05) is 19.6 Å². The smallest absolute Gasteiger partial charge is 0.418 e. The molecule has 14 heteroatoms. The van der Waals surface area contributed by atoms with Crippen LogP contribution < -0.4 is 15.4 Å². The maximum atomic E-state index is 14.8. The first-order valence-electron chi connectivity index (χ1n) is 12.0. The van der Waals surface area contributed by atoms with Crippen LogP contribution in [0.4, 0.5) is 32.4 Å². The number of aromatic nitrogens is 2. The highest BCUT2D eigenvalue weighted by molar-refractivity contribution is 6.76. The minimum absolute atomic E-state index is 0.129. The second-order valence-corrected chi connectivity index (χ2v) is 16.5. The zero-order chi connectivity index (χ0) is 29.2. The van der Waals surface area contributed by atoms with Crippen LogP contribution in [0.25, 0.3) is 11.0 Å². The Bertz CT molecular complexity index is 1310. The van der Waals surface area contributed by atoms with E-state index in [1.807, 2.05) is 0 Å². The molecule has 0 saturated heterocycles. The molecule has 3 N–H and O–H groups in total. The molecular formula is C25H31F5N4O4Si. The van der Waals surface area contributed by atoms with E-state index < -0.39 is 60.0 Å². The molecule has 3 aromatic rings. The minimum Gasteiger partial charge on any atom is -0.450 e. The number of nitrogens with zero attached hydrogens (tertiary/aromatic N) is 2. The number of benzene rings is 1. The molecule has 0 radical (unpaired) electrons. The van der Waals surface area contributed by atoms with Crippen LogP contribution in [0.15, 0.2) is 30.6 Å². The number of hydrogen-bond donors (Lipinski definition) is 3. The van der Waals surface area contributed by atoms with Crippen molar-refractivity contribution in [2.75, 3.05) is 18.5 Å². The predicted octanol–water partition coefficient (Wildman–Crippen LogP) is 6.33. The van der Waals surface area contributed by atoms with E-state index in [0.29, 0.717) is 6.61 Å². The maximum Gasteiger partial charge on any atom is 0.418 e. The fourth-order valence-corrected chi connectivity index (χ4v) is 4.19. The molecule has 0 aliphatic heterocycles. The van der Waals surface area contributed by atoms with Crippen LogP contribution in [-0.2, 0) is 17.6 Å². The van der Waals surface area contributed by atoms with Gasteiger partial charge in [-0.15, -0.1) is 0 Å². The van der Waals surface area contributed by atoms with Gasteiger partial charge in [-0.25, -0.2) is 18.6 Å². The Morgan fingerprint density at radius 1 is 1.15 bits per heavy atom. The molecule has 0 atom stereocenters. The van der Waals surface area contributed by atoms with Gasteiger partial charge in [-0.2, -0.15) is 13.2 Å². The third-order valence-corrected chi connectivity index (χ3v) is 7.11. The Labute approximate surface area is 223 Å². The van der Waals surface area contributed by atoms with Crippen molar-refractivity contribution < 1.29 is 41.3 Å². The average Bonchev–Trinajstić information content (AvgIpc) is 3.17. The van der Waals surface area contributed by atoms with Crippen molar-refractivity contribution in [1.29, 1.82) is 0 Å². The lowest BCUT2D eigenvalue weighted by molar-refractivity contribution is -0.136. The normalized spacial score (nSPS) is 12.6. The van der Waals surface area contributed by atoms with Crippen molar-refractivity contribution in [2.45, 2.75) is 58.0 Å². The lowest BCUT2D eigenvalue weighted by atomic mass is 10.1. The van der Waals surface area contributed by atoms with E-state index in [1.165, 1.54) is 18.4 Å². The van der Waals surface area contributed by atoms with Crippen LogP contribution in [0.2, 0.25) is 25.7 Å². The van der Waals surface area contributed by atoms with E-state index in [2.05, 4.69) is 35.3 Å². The van der Waals surface area contributed by atoms with Gasteiger partial charge in [0.05, 0.1) is 16.6 Å². The number of ether oxygens (including phenoxy) is 2. The van der Waals surface area contributed by atoms with Crippen molar-refractivity contribution in [3.05, 3.63) is 47.8 Å². The van der Waals surface area contributed by atoms with Gasteiger partial charge in [-0.3, -0.25) is 0 Å². The fourth-order valence-electron chi connectivity index (χ4n) is 3.44. The summed E-state index contributed by atoms with van der Waals surface area (Å²) < 4.78 is 83.5. The number of hydrogen-bond acceptors (Lipinski definition) is 5. The van der Waals surface area contributed by atoms with Crippen molar-refractivity contribution in [2.24, 2.45) is 0 Å². The topological polar surface area (TPSA) is 97.6 Å². The quantitative estimate of drug-likeness (QED) is 0.149. The molecule has 0 unspecified atom stereocenters. The third kappa shape index (κ3) is 8.37. The summed E-state index contributed by atoms with van der Waals surface area (Å²) in [6.07, 6.45) is -2.83. The summed E-state index contributed by atoms with van der Waals surface area (Å²) in [5.41, 5.74) is -2.72. The van der Waals surface area contributed by atoms with Gasteiger partial charge in [0.15, 0.2) is 17.4 Å². The standard InChI is InChI=1S/C25H31F5N4O4Si/c1-24(2,36)13-32-23(35)33-15-10-17(26)21(18(27)11-15)38-19-6-7-31-22-20(19)16(25(28,29)30)12-34(22)14-37-8-9-39(3,4)5/h6-7,10-12,36H,8-9,13-14H2,1-5H3,(H2,32,33,35). The number of amides is 2. The lowest BCUT2D eigenvalue weighted by Gasteiger charge is -2.18. The molecule has 8 nitrogen and oxygen atoms in total. The van der Waals surface area contributed by atoms with Gasteiger partial charge >= 0.3 is 12.2 Å². The van der Waals surface area contributed by atoms with Gasteiger partial charge in [0, 0.05) is 51.4 Å². The van der Waals surface area contributed by atoms with Crippen molar-refractivity contribution in [3.8, 4) is 11.5 Å². The molecule has 2 heterocycles. The number of fused-ring (bicyclic) bond motifs is 1. The van der Waals surface area contributed by atoms with Gasteiger partial charge < -0.3 is 29.8 Å². The molecule has 0 aliphatic carbocycles. The molecule has 0 saturated carbocycles. The van der Waals surface area contributed by atoms with Crippen molar-refractivity contribution in [1.82, 2.24) is 14.9 Å². The summed E-state index contributed by atoms with van der Waals surface area (Å²) in [5.74, 6) is -3.95. The molecule has 0 fully saturated rings. The summed E-state index contributed by atoms with van der Waals surface area (Å²) in [6.45, 7) is 9.36. The highest BCUT2D eigenvalue weighted by Crippen LogP contribution is 2.42. The van der Waals surface area contributed by atoms with Crippen LogP contribution in [0.5, 0.6) is 11.5 Å². The van der Waals surface area contributed by atoms with Gasteiger partial charge in [0.25, 0.3) is 0 Å². The van der Waals surface area contributed by atoms with Crippen LogP contribution in [-0.4, -0.2) is 47.5 Å². The highest BCUT2D eigenvalue weighted by Gasteiger charge is 2.37. The third-order valence-electron chi connectivity index (χ3n) is 5.40. The number of pyridine rings is 1. The zero-order valence-corrected chi connectivity index (χ0v) is 23.2. The molecule has 39 heavy (non-hydrogen) atoms. The fraction of sp³-hybridized carbons (Fsp3) is 0.440. The van der Waals surface area contributed by atoms with Crippen LogP contribution >= 0.6 is 0 Å². The maximum absolute atomic E-state index is 14.8. The Morgan fingerprint density at radius 3 is 2.36 bits per heavy atom. The van der Waals surface area contributed by atoms with Gasteiger partial charge in [0.2, 0.25) is 0 Å². The zero-order valence-electron chi connectivity index (χ0n) is 22.2. The second kappa shape index (κ2) is 11.5. The first-order valence-corrected chi connectivity index (χ1v) is 15.7. The molecule has 0 aliphatic rings. The first kappa shape index (κ1) is 30.3. The summed E-state index contributed by atoms with van der Waals surface area (Å²) in [4.78, 5) is 16.0. The number of aliphatic hydroxyl groups is 1. The van der Waals surface area contributed by atoms with E-state index in [9.17, 15) is 31.9 Å². The Hall–Kier alpha value is -3.23. The number of urea groups is 1. The molecule has 214 valence electrons. The number of halogens is 5. The van der Waals surface area contributed by atoms with Crippen LogP contribution in [0, 0.1) is 11.6 Å². The molecular weight excluding hydrogens is 543 g/mol. The van der Waals surface area contributed by atoms with Crippen LogP contribution in [0.1, 0.15) is 19.4 Å². The highest BCUT2D eigenvalue weighted by atomic mass is 28.3. The van der Waals surface area contributed by atoms with Crippen molar-refractivity contribution in [3.63, 3.8) is 0 Å². The Morgan fingerprint density at radius 2 is 1.79 bits per heavy atom. The predicted molar refractivity (Wildman–Crippen MR) is 139 cm³/mol.